The van der Waals surface area contributed by atoms with Gasteiger partial charge in [0, 0.05) is 13.0 Å². The number of nitrogens with one attached hydrogen (secondary N) is 1. The average molecular weight is 293 g/mol. The number of hydrogen-bond acceptors (Lipinski definition) is 4. The maximum Gasteiger partial charge on any atom is 0.242 e. The lowest BCUT2D eigenvalue weighted by atomic mass is 10.2. The second-order valence-corrected chi connectivity index (χ2v) is 5.60. The molecule has 21 heavy (non-hydrogen) atoms. The van der Waals surface area contributed by atoms with E-state index in [0.29, 0.717) is 31.7 Å². The lowest BCUT2D eigenvalue weighted by molar-refractivity contribution is -0.136. The van der Waals surface area contributed by atoms with Crippen molar-refractivity contribution in [2.75, 3.05) is 27.2 Å². The van der Waals surface area contributed by atoms with Crippen LogP contribution in [-0.4, -0.2) is 54.8 Å². The van der Waals surface area contributed by atoms with Crippen LogP contribution in [0.1, 0.15) is 25.0 Å². The number of amides is 2. The number of nitrogens with zero attached hydrogens (tertiary/aromatic N) is 2. The van der Waals surface area contributed by atoms with Gasteiger partial charge in [-0.05, 0) is 45.6 Å². The molecule has 0 radical (unpaired) electrons. The molecule has 1 aromatic heterocycles. The Labute approximate surface area is 125 Å². The highest BCUT2D eigenvalue weighted by atomic mass is 16.3. The molecule has 1 aromatic rings. The molecule has 0 aromatic carbocycles. The third kappa shape index (κ3) is 4.32. The molecule has 0 spiro atoms. The van der Waals surface area contributed by atoms with Gasteiger partial charge < -0.3 is 19.5 Å². The van der Waals surface area contributed by atoms with Crippen LogP contribution in [0.4, 0.5) is 0 Å². The summed E-state index contributed by atoms with van der Waals surface area (Å²) in [5.74, 6) is 0.654. The molecule has 2 amide bonds. The summed E-state index contributed by atoms with van der Waals surface area (Å²) in [4.78, 5) is 27.8. The molecule has 6 nitrogen and oxygen atoms in total. The van der Waals surface area contributed by atoms with Gasteiger partial charge in [0.25, 0.3) is 0 Å². The van der Waals surface area contributed by atoms with Crippen LogP contribution >= 0.6 is 0 Å². The summed E-state index contributed by atoms with van der Waals surface area (Å²) in [6, 6.07) is 3.23. The number of carbonyl (C=O) groups excluding carboxylic acids is 2. The lowest BCUT2D eigenvalue weighted by Gasteiger charge is -2.23. The van der Waals surface area contributed by atoms with Gasteiger partial charge in [0.15, 0.2) is 0 Å². The monoisotopic (exact) mass is 293 g/mol. The number of likely N-dealkylation sites (tertiary alicyclic amines) is 1. The maximum atomic E-state index is 12.2. The summed E-state index contributed by atoms with van der Waals surface area (Å²) in [5.41, 5.74) is 0. The van der Waals surface area contributed by atoms with E-state index in [1.807, 2.05) is 20.2 Å². The van der Waals surface area contributed by atoms with Crippen LogP contribution in [0.3, 0.4) is 0 Å². The normalized spacial score (nSPS) is 18.5. The van der Waals surface area contributed by atoms with Crippen molar-refractivity contribution < 1.29 is 14.0 Å². The number of rotatable bonds is 7. The summed E-state index contributed by atoms with van der Waals surface area (Å²) in [6.45, 7) is 1.93. The summed E-state index contributed by atoms with van der Waals surface area (Å²) in [7, 11) is 4.01. The predicted octanol–water partition coefficient (Wildman–Crippen LogP) is 0.839. The third-order valence-corrected chi connectivity index (χ3v) is 3.62. The molecule has 1 atom stereocenters. The van der Waals surface area contributed by atoms with Gasteiger partial charge in [-0.25, -0.2) is 0 Å². The fraction of sp³-hybridized carbons (Fsp3) is 0.600. The number of carbonyl (C=O) groups is 2. The van der Waals surface area contributed by atoms with E-state index in [0.717, 1.165) is 13.0 Å². The largest absolute Gasteiger partial charge is 0.467 e. The number of hydrogen-bond donors (Lipinski definition) is 1. The van der Waals surface area contributed by atoms with E-state index in [-0.39, 0.29) is 17.9 Å². The first-order chi connectivity index (χ1) is 10.1. The Kier molecular flexibility index (Phi) is 5.38. The van der Waals surface area contributed by atoms with Crippen LogP contribution in [-0.2, 0) is 16.1 Å². The van der Waals surface area contributed by atoms with E-state index in [2.05, 4.69) is 10.2 Å². The first kappa shape index (κ1) is 15.6. The lowest BCUT2D eigenvalue weighted by Crippen LogP contribution is -2.44. The van der Waals surface area contributed by atoms with E-state index < -0.39 is 0 Å². The summed E-state index contributed by atoms with van der Waals surface area (Å²) >= 11 is 0. The summed E-state index contributed by atoms with van der Waals surface area (Å²) in [5, 5.41) is 2.92. The van der Waals surface area contributed by atoms with Crippen molar-refractivity contribution in [2.24, 2.45) is 0 Å². The second kappa shape index (κ2) is 7.26. The molecule has 1 N–H and O–H groups in total. The van der Waals surface area contributed by atoms with Gasteiger partial charge in [0.1, 0.15) is 11.8 Å². The summed E-state index contributed by atoms with van der Waals surface area (Å²) < 4.78 is 5.27. The van der Waals surface area contributed by atoms with Gasteiger partial charge in [-0.15, -0.1) is 0 Å². The van der Waals surface area contributed by atoms with Crippen LogP contribution in [0.5, 0.6) is 0 Å². The Morgan fingerprint density at radius 1 is 1.52 bits per heavy atom. The van der Waals surface area contributed by atoms with Crippen molar-refractivity contribution >= 4 is 11.8 Å². The highest BCUT2D eigenvalue weighted by Gasteiger charge is 2.36. The van der Waals surface area contributed by atoms with Crippen molar-refractivity contribution in [3.8, 4) is 0 Å². The van der Waals surface area contributed by atoms with Crippen LogP contribution in [0.25, 0.3) is 0 Å². The summed E-state index contributed by atoms with van der Waals surface area (Å²) in [6.07, 6.45) is 3.49. The number of furan rings is 1. The van der Waals surface area contributed by atoms with Crippen LogP contribution in [0.15, 0.2) is 22.8 Å². The molecule has 2 heterocycles. The molecule has 1 fully saturated rings. The molecule has 2 rings (SSSR count). The van der Waals surface area contributed by atoms with Crippen molar-refractivity contribution in [2.45, 2.75) is 31.8 Å². The molecule has 6 heteroatoms. The standard InChI is InChI=1S/C15H23N3O3/c1-17(2)9-4-8-16-15(20)13-6-7-14(19)18(13)11-12-5-3-10-21-12/h3,5,10,13H,4,6-9,11H2,1-2H3,(H,16,20)/t13-/m1/s1. The molecule has 1 aliphatic heterocycles. The molecular formula is C15H23N3O3. The third-order valence-electron chi connectivity index (χ3n) is 3.62. The molecular weight excluding hydrogens is 270 g/mol. The van der Waals surface area contributed by atoms with Gasteiger partial charge in [-0.1, -0.05) is 0 Å². The molecule has 0 bridgehead atoms. The Bertz CT molecular complexity index is 471. The van der Waals surface area contributed by atoms with Gasteiger partial charge in [-0.3, -0.25) is 9.59 Å². The van der Waals surface area contributed by atoms with Gasteiger partial charge in [-0.2, -0.15) is 0 Å². The minimum Gasteiger partial charge on any atom is -0.467 e. The van der Waals surface area contributed by atoms with Gasteiger partial charge in [0.2, 0.25) is 11.8 Å². The Hall–Kier alpha value is -1.82. The zero-order chi connectivity index (χ0) is 15.2. The van der Waals surface area contributed by atoms with E-state index in [9.17, 15) is 9.59 Å². The highest BCUT2D eigenvalue weighted by molar-refractivity contribution is 5.90. The minimum atomic E-state index is -0.373. The SMILES string of the molecule is CN(C)CCCNC(=O)[C@H]1CCC(=O)N1Cc1ccco1. The molecule has 1 saturated heterocycles. The highest BCUT2D eigenvalue weighted by Crippen LogP contribution is 2.21. The fourth-order valence-electron chi connectivity index (χ4n) is 2.50. The van der Waals surface area contributed by atoms with Crippen LogP contribution < -0.4 is 5.32 Å². The second-order valence-electron chi connectivity index (χ2n) is 5.60. The topological polar surface area (TPSA) is 65.8 Å². The van der Waals surface area contributed by atoms with Gasteiger partial charge in [0.05, 0.1) is 12.8 Å². The minimum absolute atomic E-state index is 0.0137. The van der Waals surface area contributed by atoms with Crippen LogP contribution in [0, 0.1) is 0 Å². The average Bonchev–Trinajstić information content (AvgIpc) is 3.06. The van der Waals surface area contributed by atoms with Crippen LogP contribution in [0.2, 0.25) is 0 Å². The molecule has 0 aliphatic carbocycles. The van der Waals surface area contributed by atoms with E-state index in [1.54, 1.807) is 17.2 Å². The smallest absolute Gasteiger partial charge is 0.242 e. The zero-order valence-electron chi connectivity index (χ0n) is 12.7. The predicted molar refractivity (Wildman–Crippen MR) is 78.5 cm³/mol. The fourth-order valence-corrected chi connectivity index (χ4v) is 2.50. The quantitative estimate of drug-likeness (QED) is 0.757. The Morgan fingerprint density at radius 2 is 2.33 bits per heavy atom. The van der Waals surface area contributed by atoms with Crippen molar-refractivity contribution in [1.82, 2.24) is 15.1 Å². The first-order valence-electron chi connectivity index (χ1n) is 7.32. The zero-order valence-corrected chi connectivity index (χ0v) is 12.7. The van der Waals surface area contributed by atoms with Crippen molar-refractivity contribution in [1.29, 1.82) is 0 Å². The van der Waals surface area contributed by atoms with E-state index >= 15 is 0 Å². The molecule has 0 unspecified atom stereocenters. The Balaban J connectivity index is 1.85. The van der Waals surface area contributed by atoms with E-state index in [1.165, 1.54) is 0 Å². The first-order valence-corrected chi connectivity index (χ1v) is 7.32. The van der Waals surface area contributed by atoms with Gasteiger partial charge >= 0.3 is 0 Å². The molecule has 1 aliphatic rings. The van der Waals surface area contributed by atoms with E-state index in [4.69, 9.17) is 4.42 Å². The van der Waals surface area contributed by atoms with Crippen molar-refractivity contribution in [3.05, 3.63) is 24.2 Å². The van der Waals surface area contributed by atoms with Crippen molar-refractivity contribution in [3.63, 3.8) is 0 Å². The maximum absolute atomic E-state index is 12.2. The Morgan fingerprint density at radius 3 is 3.00 bits per heavy atom. The molecule has 116 valence electrons. The molecule has 0 saturated carbocycles.